The lowest BCUT2D eigenvalue weighted by molar-refractivity contribution is 0.664. The number of hydrogen-bond donors (Lipinski definition) is 0. The average molecular weight is 605 g/mol. The number of fused-ring (bicyclic) bond motifs is 7. The van der Waals surface area contributed by atoms with Gasteiger partial charge in [0.2, 0.25) is 0 Å². The maximum atomic E-state index is 6.30. The van der Waals surface area contributed by atoms with E-state index in [0.29, 0.717) is 0 Å². The largest absolute Gasteiger partial charge is 0.456 e. The molecule has 0 amide bonds. The Morgan fingerprint density at radius 2 is 1.17 bits per heavy atom. The molecule has 1 aliphatic carbocycles. The second-order valence-corrected chi connectivity index (χ2v) is 12.3. The van der Waals surface area contributed by atoms with Gasteiger partial charge in [-0.1, -0.05) is 97.1 Å². The minimum Gasteiger partial charge on any atom is -0.456 e. The summed E-state index contributed by atoms with van der Waals surface area (Å²) in [5.74, 6) is 1.31. The Labute approximate surface area is 270 Å². The van der Waals surface area contributed by atoms with E-state index in [2.05, 4.69) is 138 Å². The maximum absolute atomic E-state index is 6.30. The van der Waals surface area contributed by atoms with Gasteiger partial charge in [-0.05, 0) is 83.3 Å². The van der Waals surface area contributed by atoms with Crippen molar-refractivity contribution >= 4 is 54.9 Å². The molecule has 1 atom stereocenters. The standard InChI is InChI=1S/C43H28N2O2/c1-3-9-29(10-4-1)43-44-37-24-31(19-21-38(37)45(43)32-11-5-2-6-12-32)28-17-15-27(16-18-28)30-20-22-40-34(23-30)36-26-41-35(25-42(36)47-40)33-13-7-8-14-39(33)46-41/h1-9,11-26,29H,10H2. The van der Waals surface area contributed by atoms with Gasteiger partial charge < -0.3 is 8.83 Å². The van der Waals surface area contributed by atoms with E-state index in [0.717, 1.165) is 95.1 Å². The summed E-state index contributed by atoms with van der Waals surface area (Å²) in [5, 5.41) is 4.33. The molecule has 4 heteroatoms. The zero-order valence-corrected chi connectivity index (χ0v) is 25.4. The van der Waals surface area contributed by atoms with Crippen molar-refractivity contribution in [1.82, 2.24) is 9.55 Å². The van der Waals surface area contributed by atoms with Gasteiger partial charge >= 0.3 is 0 Å². The van der Waals surface area contributed by atoms with Crippen LogP contribution in [0, 0.1) is 0 Å². The molecule has 0 radical (unpaired) electrons. The number of benzene rings is 6. The molecule has 3 heterocycles. The molecule has 10 rings (SSSR count). The molecular formula is C43H28N2O2. The Bertz CT molecular complexity index is 2700. The van der Waals surface area contributed by atoms with Crippen LogP contribution in [0.5, 0.6) is 0 Å². The summed E-state index contributed by atoms with van der Waals surface area (Å²) in [7, 11) is 0. The highest BCUT2D eigenvalue weighted by Crippen LogP contribution is 2.39. The van der Waals surface area contributed by atoms with Gasteiger partial charge in [0.25, 0.3) is 0 Å². The van der Waals surface area contributed by atoms with Crippen molar-refractivity contribution in [3.05, 3.63) is 158 Å². The fraction of sp³-hybridized carbons (Fsp3) is 0.0465. The monoisotopic (exact) mass is 604 g/mol. The number of furan rings is 2. The Morgan fingerprint density at radius 1 is 0.532 bits per heavy atom. The van der Waals surface area contributed by atoms with Crippen molar-refractivity contribution in [2.24, 2.45) is 0 Å². The molecular weight excluding hydrogens is 576 g/mol. The van der Waals surface area contributed by atoms with Crippen LogP contribution in [0.15, 0.2) is 161 Å². The van der Waals surface area contributed by atoms with Crippen LogP contribution in [0.4, 0.5) is 0 Å². The zero-order chi connectivity index (χ0) is 30.9. The summed E-state index contributed by atoms with van der Waals surface area (Å²) in [6.45, 7) is 0. The summed E-state index contributed by atoms with van der Waals surface area (Å²) in [4.78, 5) is 5.21. The Hall–Kier alpha value is -6.13. The second-order valence-electron chi connectivity index (χ2n) is 12.3. The predicted octanol–water partition coefficient (Wildman–Crippen LogP) is 11.8. The predicted molar refractivity (Wildman–Crippen MR) is 192 cm³/mol. The number of imidazole rings is 1. The SMILES string of the molecule is C1=CCC(c2nc3cc(-c4ccc(-c5ccc6oc7cc8c(cc7c6c5)oc5ccccc58)cc4)ccc3n2-c2ccccc2)C=C1. The molecule has 47 heavy (non-hydrogen) atoms. The number of nitrogens with zero attached hydrogens (tertiary/aromatic N) is 2. The minimum absolute atomic E-state index is 0.241. The Morgan fingerprint density at radius 3 is 1.94 bits per heavy atom. The molecule has 0 fully saturated rings. The van der Waals surface area contributed by atoms with E-state index in [1.807, 2.05) is 18.2 Å². The molecule has 0 saturated carbocycles. The first-order valence-corrected chi connectivity index (χ1v) is 16.1. The van der Waals surface area contributed by atoms with Crippen molar-refractivity contribution in [2.75, 3.05) is 0 Å². The van der Waals surface area contributed by atoms with Crippen molar-refractivity contribution in [3.8, 4) is 27.9 Å². The van der Waals surface area contributed by atoms with Crippen LogP contribution in [-0.2, 0) is 0 Å². The summed E-state index contributed by atoms with van der Waals surface area (Å²) in [6, 6.07) is 44.8. The first-order valence-electron chi connectivity index (χ1n) is 16.1. The van der Waals surface area contributed by atoms with E-state index < -0.39 is 0 Å². The van der Waals surface area contributed by atoms with E-state index >= 15 is 0 Å². The van der Waals surface area contributed by atoms with Gasteiger partial charge in [-0.2, -0.15) is 0 Å². The lowest BCUT2D eigenvalue weighted by Gasteiger charge is -2.16. The van der Waals surface area contributed by atoms with Gasteiger partial charge in [-0.3, -0.25) is 4.57 Å². The fourth-order valence-corrected chi connectivity index (χ4v) is 7.18. The van der Waals surface area contributed by atoms with Crippen LogP contribution in [-0.4, -0.2) is 9.55 Å². The molecule has 6 aromatic carbocycles. The molecule has 0 saturated heterocycles. The van der Waals surface area contributed by atoms with E-state index in [9.17, 15) is 0 Å². The summed E-state index contributed by atoms with van der Waals surface area (Å²) in [5.41, 5.74) is 11.4. The van der Waals surface area contributed by atoms with E-state index in [-0.39, 0.29) is 5.92 Å². The Balaban J connectivity index is 1.02. The highest BCUT2D eigenvalue weighted by atomic mass is 16.3. The van der Waals surface area contributed by atoms with Crippen molar-refractivity contribution in [1.29, 1.82) is 0 Å². The van der Waals surface area contributed by atoms with Crippen LogP contribution in [0.2, 0.25) is 0 Å². The molecule has 0 bridgehead atoms. The van der Waals surface area contributed by atoms with Gasteiger partial charge in [0, 0.05) is 33.2 Å². The molecule has 4 nitrogen and oxygen atoms in total. The van der Waals surface area contributed by atoms with Gasteiger partial charge in [0.05, 0.1) is 11.0 Å². The quantitative estimate of drug-likeness (QED) is 0.201. The number of aromatic nitrogens is 2. The smallest absolute Gasteiger partial charge is 0.136 e. The molecule has 0 aliphatic heterocycles. The van der Waals surface area contributed by atoms with Gasteiger partial charge in [-0.25, -0.2) is 4.98 Å². The van der Waals surface area contributed by atoms with Crippen LogP contribution in [0.25, 0.3) is 82.9 Å². The normalized spacial score (nSPS) is 14.8. The van der Waals surface area contributed by atoms with Crippen molar-refractivity contribution < 1.29 is 8.83 Å². The topological polar surface area (TPSA) is 44.1 Å². The third kappa shape index (κ3) is 4.19. The highest BCUT2D eigenvalue weighted by molar-refractivity contribution is 6.15. The van der Waals surface area contributed by atoms with Gasteiger partial charge in [-0.15, -0.1) is 0 Å². The summed E-state index contributed by atoms with van der Waals surface area (Å²) in [6.07, 6.45) is 9.67. The first kappa shape index (κ1) is 26.1. The number of allylic oxidation sites excluding steroid dienone is 4. The average Bonchev–Trinajstić information content (AvgIpc) is 3.81. The molecule has 3 aromatic heterocycles. The fourth-order valence-electron chi connectivity index (χ4n) is 7.18. The number of rotatable bonds is 4. The van der Waals surface area contributed by atoms with Crippen molar-refractivity contribution in [3.63, 3.8) is 0 Å². The second kappa shape index (κ2) is 10.2. The zero-order valence-electron chi connectivity index (χ0n) is 25.4. The van der Waals surface area contributed by atoms with Crippen molar-refractivity contribution in [2.45, 2.75) is 12.3 Å². The number of para-hydroxylation sites is 2. The molecule has 0 N–H and O–H groups in total. The first-order chi connectivity index (χ1) is 23.3. The van der Waals surface area contributed by atoms with E-state index in [4.69, 9.17) is 13.8 Å². The lowest BCUT2D eigenvalue weighted by atomic mass is 9.98. The van der Waals surface area contributed by atoms with Crippen LogP contribution < -0.4 is 0 Å². The minimum atomic E-state index is 0.241. The molecule has 1 unspecified atom stereocenters. The van der Waals surface area contributed by atoms with Crippen LogP contribution in [0.3, 0.4) is 0 Å². The van der Waals surface area contributed by atoms with E-state index in [1.165, 1.54) is 0 Å². The van der Waals surface area contributed by atoms with E-state index in [1.54, 1.807) is 0 Å². The van der Waals surface area contributed by atoms with Crippen LogP contribution >= 0.6 is 0 Å². The molecule has 222 valence electrons. The number of hydrogen-bond acceptors (Lipinski definition) is 3. The summed E-state index contributed by atoms with van der Waals surface area (Å²) >= 11 is 0. The molecule has 0 spiro atoms. The third-order valence-corrected chi connectivity index (χ3v) is 9.53. The Kier molecular flexibility index (Phi) is 5.67. The van der Waals surface area contributed by atoms with Crippen LogP contribution in [0.1, 0.15) is 18.2 Å². The highest BCUT2D eigenvalue weighted by Gasteiger charge is 2.20. The van der Waals surface area contributed by atoms with Gasteiger partial charge in [0.1, 0.15) is 28.2 Å². The maximum Gasteiger partial charge on any atom is 0.136 e. The third-order valence-electron chi connectivity index (χ3n) is 9.53. The molecule has 9 aromatic rings. The van der Waals surface area contributed by atoms with Gasteiger partial charge in [0.15, 0.2) is 0 Å². The lowest BCUT2D eigenvalue weighted by Crippen LogP contribution is -2.06. The summed E-state index contributed by atoms with van der Waals surface area (Å²) < 4.78 is 14.8. The molecule has 1 aliphatic rings.